The van der Waals surface area contributed by atoms with Crippen LogP contribution in [-0.2, 0) is 54.2 Å². The second-order valence-corrected chi connectivity index (χ2v) is 25.8. The number of nitrogens with one attached hydrogen (secondary N) is 3. The van der Waals surface area contributed by atoms with Crippen LogP contribution in [0.15, 0.2) is 89.2 Å². The van der Waals surface area contributed by atoms with Gasteiger partial charge in [-0.25, -0.2) is 9.97 Å². The minimum absolute atomic E-state index is 0.0121. The molecule has 5 heterocycles. The number of ether oxygens (including phenoxy) is 5. The van der Waals surface area contributed by atoms with Gasteiger partial charge < -0.3 is 54.5 Å². The number of carbonyl (C=O) groups excluding carboxylic acids is 6. The average Bonchev–Trinajstić information content (AvgIpc) is 1.74. The predicted octanol–water partition coefficient (Wildman–Crippen LogP) is 7.22. The highest BCUT2D eigenvalue weighted by Crippen LogP contribution is 2.33. The first-order valence-corrected chi connectivity index (χ1v) is 32.7. The fourth-order valence-corrected chi connectivity index (χ4v) is 12.3. The molecule has 0 bridgehead atoms. The van der Waals surface area contributed by atoms with Crippen molar-refractivity contribution in [1.29, 1.82) is 0 Å². The van der Waals surface area contributed by atoms with Crippen LogP contribution in [0.4, 0.5) is 5.82 Å². The number of rotatable bonds is 34. The third-order valence-electron chi connectivity index (χ3n) is 16.5. The van der Waals surface area contributed by atoms with Crippen LogP contribution in [0.2, 0.25) is 0 Å². The summed E-state index contributed by atoms with van der Waals surface area (Å²) >= 11 is 1.57. The molecule has 0 unspecified atom stereocenters. The highest BCUT2D eigenvalue weighted by molar-refractivity contribution is 7.13. The van der Waals surface area contributed by atoms with E-state index in [0.29, 0.717) is 77.8 Å². The number of carbonyl (C=O) groups is 6. The molecule has 1 aliphatic carbocycles. The molecule has 2 saturated heterocycles. The smallest absolute Gasteiger partial charge is 0.246 e. The maximum atomic E-state index is 14.0. The first-order chi connectivity index (χ1) is 43.7. The molecule has 2 fully saturated rings. The lowest BCUT2D eigenvalue weighted by Gasteiger charge is -2.35. The van der Waals surface area contributed by atoms with Gasteiger partial charge in [-0.2, -0.15) is 5.10 Å². The Kier molecular flexibility index (Phi) is 26.1. The largest absolute Gasteiger partial charge is 0.391 e. The van der Waals surface area contributed by atoms with Gasteiger partial charge in [0.2, 0.25) is 23.6 Å². The lowest BCUT2D eigenvalue weighted by molar-refractivity contribution is -0.144. The Morgan fingerprint density at radius 3 is 1.98 bits per heavy atom. The normalized spacial score (nSPS) is 16.9. The number of likely N-dealkylation sites (tertiary alicyclic amines) is 1. The Morgan fingerprint density at radius 2 is 1.38 bits per heavy atom. The maximum absolute atomic E-state index is 14.0. The van der Waals surface area contributed by atoms with Gasteiger partial charge in [-0.05, 0) is 98.6 Å². The Balaban J connectivity index is 0.614. The van der Waals surface area contributed by atoms with Gasteiger partial charge in [0.25, 0.3) is 0 Å². The molecular formula is C68H92N10O12S. The van der Waals surface area contributed by atoms with Crippen LogP contribution in [0.5, 0.6) is 0 Å². The second kappa shape index (κ2) is 34.0. The van der Waals surface area contributed by atoms with Crippen LogP contribution in [0, 0.1) is 12.3 Å². The van der Waals surface area contributed by atoms with Crippen molar-refractivity contribution in [3.05, 3.63) is 106 Å². The first-order valence-electron chi connectivity index (χ1n) is 31.8. The summed E-state index contributed by atoms with van der Waals surface area (Å²) in [4.78, 5) is 96.0. The van der Waals surface area contributed by atoms with Gasteiger partial charge in [-0.3, -0.25) is 38.3 Å². The molecule has 492 valence electrons. The summed E-state index contributed by atoms with van der Waals surface area (Å²) in [5.74, 6) is -0.267. The van der Waals surface area contributed by atoms with E-state index in [4.69, 9.17) is 28.7 Å². The van der Waals surface area contributed by atoms with Gasteiger partial charge >= 0.3 is 0 Å². The van der Waals surface area contributed by atoms with Crippen molar-refractivity contribution < 1.29 is 57.6 Å². The monoisotopic (exact) mass is 1270 g/mol. The van der Waals surface area contributed by atoms with Crippen LogP contribution < -0.4 is 20.9 Å². The Morgan fingerprint density at radius 1 is 0.747 bits per heavy atom. The molecule has 5 aromatic rings. The number of hydrogen-bond donors (Lipinski definition) is 4. The molecule has 3 atom stereocenters. The molecule has 0 saturated carbocycles. The van der Waals surface area contributed by atoms with Gasteiger partial charge in [-0.1, -0.05) is 56.7 Å². The van der Waals surface area contributed by atoms with E-state index >= 15 is 0 Å². The van der Waals surface area contributed by atoms with Crippen molar-refractivity contribution >= 4 is 63.3 Å². The van der Waals surface area contributed by atoms with Crippen molar-refractivity contribution in [2.75, 3.05) is 117 Å². The fourth-order valence-electron chi connectivity index (χ4n) is 11.5. The summed E-state index contributed by atoms with van der Waals surface area (Å²) in [6, 6.07) is 14.2. The van der Waals surface area contributed by atoms with E-state index in [1.54, 1.807) is 17.5 Å². The third-order valence-corrected chi connectivity index (χ3v) is 17.5. The summed E-state index contributed by atoms with van der Waals surface area (Å²) in [6.45, 7) is 23.5. The Labute approximate surface area is 538 Å². The molecule has 2 aliphatic heterocycles. The number of benzene rings is 2. The number of pyridine rings is 1. The summed E-state index contributed by atoms with van der Waals surface area (Å²) in [5.41, 5.74) is 10.0. The number of ketones is 2. The molecule has 4 N–H and O–H groups in total. The summed E-state index contributed by atoms with van der Waals surface area (Å²) < 4.78 is 29.9. The number of fused-ring (bicyclic) bond motifs is 1. The standard InChI is InChI=1S/C68H92N10O12S/c1-45(2)78-57-38-52(37-55(56(57)42-73-78)59(80)15-14-54-47(4)35-46(3)36-60(54)81)51-13-16-61(70-41-51)76-23-21-75(22-24-76)20-19-69-62(82)17-25-86-27-29-88-31-33-90-34-32-89-30-28-87-26-18-63(83)74-65(68(6,7)8)67(85)77-43-53(79)39-58(77)66(84)71-40-49-9-11-50(12-10-49)64-48(5)72-44-91-64/h9-13,16,35,37-38,41-42,44-45,53,58,65,79H,14-15,17-34,36,39-40,43H2,1-8H3,(H,69,82)(H,71,84)(H,74,83)/t53-,58+,65-/m1/s1. The number of allylic oxidation sites excluding steroid dienone is 4. The Bertz CT molecular complexity index is 3330. The minimum atomic E-state index is -0.938. The number of Topliss-reactive ketones (excluding diaryl/α,β-unsaturated/α-hetero) is 2. The number of anilines is 1. The van der Waals surface area contributed by atoms with Gasteiger partial charge in [0.1, 0.15) is 17.9 Å². The van der Waals surface area contributed by atoms with Crippen LogP contribution in [0.25, 0.3) is 32.5 Å². The highest BCUT2D eigenvalue weighted by Gasteiger charge is 2.44. The van der Waals surface area contributed by atoms with Crippen molar-refractivity contribution in [3.8, 4) is 21.6 Å². The van der Waals surface area contributed by atoms with Crippen molar-refractivity contribution in [2.45, 2.75) is 125 Å². The highest BCUT2D eigenvalue weighted by atomic mass is 32.1. The number of piperazine rings is 1. The fraction of sp³-hybridized carbons (Fsp3) is 0.544. The molecule has 8 rings (SSSR count). The van der Waals surface area contributed by atoms with Crippen LogP contribution >= 0.6 is 11.3 Å². The number of hydrogen-bond acceptors (Lipinski definition) is 18. The number of aromatic nitrogens is 4. The number of aliphatic hydroxyl groups excluding tert-OH is 1. The molecule has 0 spiro atoms. The van der Waals surface area contributed by atoms with Gasteiger partial charge in [0, 0.05) is 113 Å². The summed E-state index contributed by atoms with van der Waals surface area (Å²) in [6.07, 6.45) is 6.23. The van der Waals surface area contributed by atoms with Crippen molar-refractivity contribution in [1.82, 2.24) is 45.5 Å². The topological polar surface area (TPSA) is 258 Å². The molecule has 3 aromatic heterocycles. The molecule has 4 amide bonds. The molecule has 91 heavy (non-hydrogen) atoms. The quantitative estimate of drug-likeness (QED) is 0.0234. The van der Waals surface area contributed by atoms with Crippen molar-refractivity contribution in [2.24, 2.45) is 5.41 Å². The summed E-state index contributed by atoms with van der Waals surface area (Å²) in [5, 5.41) is 24.8. The molecule has 0 radical (unpaired) electrons. The minimum Gasteiger partial charge on any atom is -0.391 e. The molecular weight excluding hydrogens is 1180 g/mol. The van der Waals surface area contributed by atoms with Crippen LogP contribution in [0.1, 0.15) is 115 Å². The van der Waals surface area contributed by atoms with E-state index in [0.717, 1.165) is 99.0 Å². The third kappa shape index (κ3) is 20.2. The Hall–Kier alpha value is -7.09. The zero-order valence-corrected chi connectivity index (χ0v) is 55.0. The lowest BCUT2D eigenvalue weighted by Crippen LogP contribution is -2.57. The zero-order chi connectivity index (χ0) is 65.0. The molecule has 23 heteroatoms. The predicted molar refractivity (Wildman–Crippen MR) is 350 cm³/mol. The number of thiazole rings is 1. The number of aryl methyl sites for hydroxylation is 1. The van der Waals surface area contributed by atoms with E-state index < -0.39 is 29.5 Å². The van der Waals surface area contributed by atoms with E-state index in [-0.39, 0.29) is 87.3 Å². The van der Waals surface area contributed by atoms with Crippen molar-refractivity contribution in [3.63, 3.8) is 0 Å². The van der Waals surface area contributed by atoms with Crippen LogP contribution in [-0.4, -0.2) is 200 Å². The van der Waals surface area contributed by atoms with Crippen LogP contribution in [0.3, 0.4) is 0 Å². The van der Waals surface area contributed by atoms with E-state index in [1.165, 1.54) is 4.90 Å². The average molecular weight is 1270 g/mol. The van der Waals surface area contributed by atoms with Gasteiger partial charge in [0.05, 0.1) is 100.0 Å². The molecule has 22 nitrogen and oxygen atoms in total. The van der Waals surface area contributed by atoms with Gasteiger partial charge in [-0.15, -0.1) is 11.3 Å². The maximum Gasteiger partial charge on any atom is 0.246 e. The van der Waals surface area contributed by atoms with E-state index in [2.05, 4.69) is 61.8 Å². The first kappa shape index (κ1) is 69.8. The zero-order valence-electron chi connectivity index (χ0n) is 54.2. The second-order valence-electron chi connectivity index (χ2n) is 24.9. The van der Waals surface area contributed by atoms with Gasteiger partial charge in [0.15, 0.2) is 11.6 Å². The van der Waals surface area contributed by atoms with E-state index in [1.807, 2.05) is 100 Å². The number of aliphatic hydroxyl groups is 1. The molecule has 2 aromatic carbocycles. The lowest BCUT2D eigenvalue weighted by atomic mass is 9.85. The van der Waals surface area contributed by atoms with E-state index in [9.17, 15) is 33.9 Å². The summed E-state index contributed by atoms with van der Waals surface area (Å²) in [7, 11) is 0. The number of amides is 4. The number of β-amino-alcohol motifs (C(OH)–C–C–N with tert-alkyl or cyclic N) is 1. The molecule has 3 aliphatic rings. The SMILES string of the molecule is CC1=CC(C)=C(CCC(=O)c2cc(-c3ccc(N4CCN(CCNC(=O)CCOCCOCCOCCOCCOCCC(=O)N[C@H](C(=O)N5C[C@H](O)C[C@H]5C(=O)NCc5ccc(-c6scnc6C)cc5)C(C)(C)C)CC4)nc3)cc3c2cnn3C(C)C)C(=O)C1. The number of nitrogens with zero attached hydrogens (tertiary/aromatic N) is 7.